The van der Waals surface area contributed by atoms with Crippen LogP contribution < -0.4 is 11.1 Å². The Kier molecular flexibility index (Phi) is 8.29. The fraction of sp³-hybridized carbons (Fsp3) is 0.286. The van der Waals surface area contributed by atoms with Gasteiger partial charge in [-0.25, -0.2) is 0 Å². The topological polar surface area (TPSA) is 67.5 Å². The lowest BCUT2D eigenvalue weighted by Gasteiger charge is -2.02. The quantitative estimate of drug-likeness (QED) is 0.505. The molecule has 0 atom stereocenters. The highest BCUT2D eigenvalue weighted by Crippen LogP contribution is 2.00. The van der Waals surface area contributed by atoms with Crippen LogP contribution in [0.15, 0.2) is 41.4 Å². The van der Waals surface area contributed by atoms with Gasteiger partial charge in [-0.2, -0.15) is 0 Å². The van der Waals surface area contributed by atoms with Gasteiger partial charge in [0.05, 0.1) is 0 Å². The van der Waals surface area contributed by atoms with Crippen LogP contribution in [-0.2, 0) is 4.79 Å². The van der Waals surface area contributed by atoms with Gasteiger partial charge in [0.25, 0.3) is 5.91 Å². The summed E-state index contributed by atoms with van der Waals surface area (Å²) in [7, 11) is 0. The maximum absolute atomic E-state index is 11.5. The number of amides is 1. The third-order valence-electron chi connectivity index (χ3n) is 2.10. The van der Waals surface area contributed by atoms with Gasteiger partial charge in [-0.05, 0) is 17.6 Å². The molecule has 0 saturated heterocycles. The molecule has 0 fully saturated rings. The van der Waals surface area contributed by atoms with E-state index in [1.54, 1.807) is 6.08 Å². The number of rotatable bonds is 4. The van der Waals surface area contributed by atoms with E-state index in [2.05, 4.69) is 10.3 Å². The van der Waals surface area contributed by atoms with Crippen molar-refractivity contribution in [3.05, 3.63) is 42.0 Å². The molecule has 0 aliphatic carbocycles. The summed E-state index contributed by atoms with van der Waals surface area (Å²) in [4.78, 5) is 15.6. The first-order valence-corrected chi connectivity index (χ1v) is 5.92. The number of aliphatic imine (C=N–C) groups is 1. The molecular weight excluding hydrogens is 262 g/mol. The zero-order valence-corrected chi connectivity index (χ0v) is 12.0. The van der Waals surface area contributed by atoms with E-state index < -0.39 is 0 Å². The van der Waals surface area contributed by atoms with Gasteiger partial charge in [0.2, 0.25) is 0 Å². The zero-order valence-electron chi connectivity index (χ0n) is 11.2. The Morgan fingerprint density at radius 1 is 1.37 bits per heavy atom. The largest absolute Gasteiger partial charge is 0.370 e. The Bertz CT molecular complexity index is 441. The van der Waals surface area contributed by atoms with Crippen molar-refractivity contribution < 1.29 is 4.79 Å². The van der Waals surface area contributed by atoms with Gasteiger partial charge >= 0.3 is 0 Å². The molecule has 0 aromatic heterocycles. The van der Waals surface area contributed by atoms with Crippen molar-refractivity contribution in [3.8, 4) is 0 Å². The fourth-order valence-corrected chi connectivity index (χ4v) is 1.22. The fourth-order valence-electron chi connectivity index (χ4n) is 1.22. The Hall–Kier alpha value is -1.81. The van der Waals surface area contributed by atoms with Crippen molar-refractivity contribution in [2.45, 2.75) is 13.8 Å². The van der Waals surface area contributed by atoms with Crippen molar-refractivity contribution in [1.82, 2.24) is 5.32 Å². The third kappa shape index (κ3) is 8.00. The Labute approximate surface area is 120 Å². The second-order valence-electron chi connectivity index (χ2n) is 4.35. The monoisotopic (exact) mass is 281 g/mol. The molecule has 0 aliphatic rings. The summed E-state index contributed by atoms with van der Waals surface area (Å²) >= 11 is 0. The number of carbonyl (C=O) groups is 1. The lowest BCUT2D eigenvalue weighted by molar-refractivity contribution is -0.115. The van der Waals surface area contributed by atoms with Gasteiger partial charge in [0.15, 0.2) is 5.96 Å². The van der Waals surface area contributed by atoms with Crippen LogP contribution in [0.1, 0.15) is 19.4 Å². The second-order valence-corrected chi connectivity index (χ2v) is 4.35. The minimum absolute atomic E-state index is 0. The summed E-state index contributed by atoms with van der Waals surface area (Å²) in [6.45, 7) is 4.68. The normalized spacial score (nSPS) is 11.4. The maximum atomic E-state index is 11.5. The van der Waals surface area contributed by atoms with Gasteiger partial charge < -0.3 is 5.73 Å². The molecule has 0 saturated carbocycles. The standard InChI is InChI=1S/C14H19N3O.ClH/c1-11(2)10-16-14(15)17-13(18)9-8-12-6-4-3-5-7-12;/h3-9,11H,10H2,1-2H3,(H3,15,16,17,18);1H. The number of carbonyl (C=O) groups excluding carboxylic acids is 1. The number of halogens is 1. The lowest BCUT2D eigenvalue weighted by atomic mass is 10.2. The maximum Gasteiger partial charge on any atom is 0.250 e. The lowest BCUT2D eigenvalue weighted by Crippen LogP contribution is -2.36. The third-order valence-corrected chi connectivity index (χ3v) is 2.10. The summed E-state index contributed by atoms with van der Waals surface area (Å²) < 4.78 is 0. The molecule has 104 valence electrons. The highest BCUT2D eigenvalue weighted by Gasteiger charge is 1.98. The van der Waals surface area contributed by atoms with Crippen molar-refractivity contribution >= 4 is 30.3 Å². The van der Waals surface area contributed by atoms with Crippen LogP contribution >= 0.6 is 12.4 Å². The van der Waals surface area contributed by atoms with E-state index in [0.29, 0.717) is 12.5 Å². The SMILES string of the molecule is CC(C)CN=C(N)NC(=O)C=Cc1ccccc1.Cl. The van der Waals surface area contributed by atoms with Crippen LogP contribution in [0.3, 0.4) is 0 Å². The van der Waals surface area contributed by atoms with Crippen molar-refractivity contribution in [3.63, 3.8) is 0 Å². The van der Waals surface area contributed by atoms with E-state index in [4.69, 9.17) is 5.73 Å². The molecular formula is C14H20ClN3O. The van der Waals surface area contributed by atoms with Gasteiger partial charge in [-0.1, -0.05) is 44.2 Å². The minimum Gasteiger partial charge on any atom is -0.370 e. The molecule has 5 heteroatoms. The van der Waals surface area contributed by atoms with Crippen molar-refractivity contribution in [2.24, 2.45) is 16.6 Å². The van der Waals surface area contributed by atoms with E-state index in [9.17, 15) is 4.79 Å². The van der Waals surface area contributed by atoms with Crippen LogP contribution in [0.5, 0.6) is 0 Å². The molecule has 19 heavy (non-hydrogen) atoms. The molecule has 1 aromatic rings. The summed E-state index contributed by atoms with van der Waals surface area (Å²) in [6, 6.07) is 9.58. The average molecular weight is 282 g/mol. The Morgan fingerprint density at radius 3 is 2.58 bits per heavy atom. The van der Waals surface area contributed by atoms with E-state index in [1.165, 1.54) is 6.08 Å². The average Bonchev–Trinajstić information content (AvgIpc) is 2.35. The number of nitrogens with two attached hydrogens (primary N) is 1. The minimum atomic E-state index is -0.274. The number of nitrogens with zero attached hydrogens (tertiary/aromatic N) is 1. The number of guanidine groups is 1. The molecule has 0 unspecified atom stereocenters. The van der Waals surface area contributed by atoms with E-state index in [0.717, 1.165) is 5.56 Å². The zero-order chi connectivity index (χ0) is 13.4. The van der Waals surface area contributed by atoms with E-state index in [-0.39, 0.29) is 24.3 Å². The van der Waals surface area contributed by atoms with Crippen molar-refractivity contribution in [2.75, 3.05) is 6.54 Å². The van der Waals surface area contributed by atoms with Crippen molar-refractivity contribution in [1.29, 1.82) is 0 Å². The molecule has 0 spiro atoms. The molecule has 4 nitrogen and oxygen atoms in total. The van der Waals surface area contributed by atoms with Crippen LogP contribution in [0.2, 0.25) is 0 Å². The predicted molar refractivity (Wildman–Crippen MR) is 82.2 cm³/mol. The molecule has 1 rings (SSSR count). The van der Waals surface area contributed by atoms with Gasteiger partial charge in [-0.15, -0.1) is 12.4 Å². The van der Waals surface area contributed by atoms with Crippen LogP contribution in [-0.4, -0.2) is 18.4 Å². The van der Waals surface area contributed by atoms with E-state index >= 15 is 0 Å². The molecule has 1 amide bonds. The number of nitrogens with one attached hydrogen (secondary N) is 1. The number of hydrogen-bond donors (Lipinski definition) is 2. The summed E-state index contributed by atoms with van der Waals surface area (Å²) in [5.74, 6) is 0.301. The predicted octanol–water partition coefficient (Wildman–Crippen LogP) is 2.21. The number of benzene rings is 1. The second kappa shape index (κ2) is 9.16. The first-order chi connectivity index (χ1) is 8.58. The van der Waals surface area contributed by atoms with Crippen LogP contribution in [0.25, 0.3) is 6.08 Å². The molecule has 0 aliphatic heterocycles. The highest BCUT2D eigenvalue weighted by atomic mass is 35.5. The molecule has 0 heterocycles. The number of hydrogen-bond acceptors (Lipinski definition) is 2. The van der Waals surface area contributed by atoms with Gasteiger partial charge in [-0.3, -0.25) is 15.1 Å². The first kappa shape index (κ1) is 17.2. The van der Waals surface area contributed by atoms with Gasteiger partial charge in [0.1, 0.15) is 0 Å². The van der Waals surface area contributed by atoms with Gasteiger partial charge in [0, 0.05) is 12.6 Å². The molecule has 3 N–H and O–H groups in total. The van der Waals surface area contributed by atoms with Crippen LogP contribution in [0, 0.1) is 5.92 Å². The summed E-state index contributed by atoms with van der Waals surface area (Å²) in [6.07, 6.45) is 3.16. The highest BCUT2D eigenvalue weighted by molar-refractivity contribution is 6.03. The molecule has 0 bridgehead atoms. The Balaban J connectivity index is 0.00000324. The molecule has 1 aromatic carbocycles. The summed E-state index contributed by atoms with van der Waals surface area (Å²) in [5, 5.41) is 2.51. The summed E-state index contributed by atoms with van der Waals surface area (Å²) in [5.41, 5.74) is 6.54. The molecule has 0 radical (unpaired) electrons. The van der Waals surface area contributed by atoms with Crippen LogP contribution in [0.4, 0.5) is 0 Å². The Morgan fingerprint density at radius 2 is 2.00 bits per heavy atom. The smallest absolute Gasteiger partial charge is 0.250 e. The van der Waals surface area contributed by atoms with E-state index in [1.807, 2.05) is 44.2 Å². The first-order valence-electron chi connectivity index (χ1n) is 5.92.